The van der Waals surface area contributed by atoms with Gasteiger partial charge in [-0.1, -0.05) is 38.6 Å². The van der Waals surface area contributed by atoms with Gasteiger partial charge in [0, 0.05) is 12.0 Å². The molecule has 20 heavy (non-hydrogen) atoms. The van der Waals surface area contributed by atoms with E-state index in [1.807, 2.05) is 0 Å². The van der Waals surface area contributed by atoms with Crippen LogP contribution in [0.15, 0.2) is 33.3 Å². The van der Waals surface area contributed by atoms with Crippen molar-refractivity contribution in [1.82, 2.24) is 19.7 Å². The molecule has 0 aliphatic carbocycles. The van der Waals surface area contributed by atoms with Crippen molar-refractivity contribution >= 4 is 11.8 Å². The van der Waals surface area contributed by atoms with Gasteiger partial charge in [-0.3, -0.25) is 4.57 Å². The van der Waals surface area contributed by atoms with Crippen LogP contribution in [0.4, 0.5) is 0 Å². The first kappa shape index (κ1) is 14.6. The Bertz CT molecular complexity index is 648. The highest BCUT2D eigenvalue weighted by Crippen LogP contribution is 2.24. The lowest BCUT2D eigenvalue weighted by molar-refractivity contribution is 0.510. The van der Waals surface area contributed by atoms with Crippen LogP contribution in [0.1, 0.15) is 32.4 Å². The van der Waals surface area contributed by atoms with Crippen LogP contribution in [-0.4, -0.2) is 19.7 Å². The standard InChI is InChI=1S/C13H18N4O2S/c1-5-6-17-11(18)15-16-12(17)20-8-10-14-9(7-19-10)13(2,3)4/h5,7H,1,6,8H2,2-4H3,(H,15,18). The first-order chi connectivity index (χ1) is 9.41. The molecule has 0 spiro atoms. The molecule has 2 aromatic heterocycles. The first-order valence-electron chi connectivity index (χ1n) is 6.25. The molecule has 0 saturated carbocycles. The van der Waals surface area contributed by atoms with E-state index in [-0.39, 0.29) is 11.1 Å². The molecule has 1 N–H and O–H groups in total. The number of oxazole rings is 1. The molecule has 2 rings (SSSR count). The minimum Gasteiger partial charge on any atom is -0.448 e. The Hall–Kier alpha value is -1.76. The lowest BCUT2D eigenvalue weighted by atomic mass is 9.93. The number of aromatic nitrogens is 4. The molecule has 0 aromatic carbocycles. The van der Waals surface area contributed by atoms with Gasteiger partial charge in [-0.05, 0) is 0 Å². The lowest BCUT2D eigenvalue weighted by Gasteiger charge is -2.12. The van der Waals surface area contributed by atoms with Crippen molar-refractivity contribution < 1.29 is 4.42 Å². The Labute approximate surface area is 121 Å². The molecule has 2 aromatic rings. The molecule has 0 aliphatic rings. The molecule has 6 nitrogen and oxygen atoms in total. The fourth-order valence-corrected chi connectivity index (χ4v) is 2.36. The molecule has 2 heterocycles. The van der Waals surface area contributed by atoms with Crippen LogP contribution in [0.5, 0.6) is 0 Å². The lowest BCUT2D eigenvalue weighted by Crippen LogP contribution is -2.16. The summed E-state index contributed by atoms with van der Waals surface area (Å²) < 4.78 is 6.96. The average molecular weight is 294 g/mol. The number of nitrogens with zero attached hydrogens (tertiary/aromatic N) is 3. The number of hydrogen-bond donors (Lipinski definition) is 1. The fraction of sp³-hybridized carbons (Fsp3) is 0.462. The zero-order chi connectivity index (χ0) is 14.8. The molecule has 0 amide bonds. The molecular weight excluding hydrogens is 276 g/mol. The third kappa shape index (κ3) is 3.22. The molecule has 0 bridgehead atoms. The van der Waals surface area contributed by atoms with Crippen LogP contribution in [0.2, 0.25) is 0 Å². The summed E-state index contributed by atoms with van der Waals surface area (Å²) in [6, 6.07) is 0. The van der Waals surface area contributed by atoms with Crippen molar-refractivity contribution in [2.75, 3.05) is 0 Å². The van der Waals surface area contributed by atoms with E-state index in [2.05, 4.69) is 42.5 Å². The smallest absolute Gasteiger partial charge is 0.344 e. The van der Waals surface area contributed by atoms with E-state index in [1.165, 1.54) is 16.3 Å². The Morgan fingerprint density at radius 3 is 2.90 bits per heavy atom. The predicted octanol–water partition coefficient (Wildman–Crippen LogP) is 2.34. The van der Waals surface area contributed by atoms with Crippen molar-refractivity contribution in [3.05, 3.63) is 41.0 Å². The molecule has 0 radical (unpaired) electrons. The molecule has 0 unspecified atom stereocenters. The molecule has 0 aliphatic heterocycles. The van der Waals surface area contributed by atoms with Gasteiger partial charge < -0.3 is 4.42 Å². The highest BCUT2D eigenvalue weighted by Gasteiger charge is 2.19. The quantitative estimate of drug-likeness (QED) is 0.676. The van der Waals surface area contributed by atoms with Gasteiger partial charge in [0.25, 0.3) is 0 Å². The summed E-state index contributed by atoms with van der Waals surface area (Å²) in [6.07, 6.45) is 3.33. The Kier molecular flexibility index (Phi) is 4.17. The third-order valence-electron chi connectivity index (χ3n) is 2.68. The zero-order valence-corrected chi connectivity index (χ0v) is 12.7. The predicted molar refractivity (Wildman–Crippen MR) is 77.8 cm³/mol. The van der Waals surface area contributed by atoms with Gasteiger partial charge in [0.1, 0.15) is 6.26 Å². The van der Waals surface area contributed by atoms with Crippen LogP contribution in [-0.2, 0) is 17.7 Å². The second kappa shape index (κ2) is 5.70. The van der Waals surface area contributed by atoms with E-state index in [1.54, 1.807) is 12.3 Å². The van der Waals surface area contributed by atoms with Crippen LogP contribution in [0, 0.1) is 0 Å². The highest BCUT2D eigenvalue weighted by molar-refractivity contribution is 7.98. The van der Waals surface area contributed by atoms with Crippen molar-refractivity contribution in [3.63, 3.8) is 0 Å². The van der Waals surface area contributed by atoms with E-state index < -0.39 is 0 Å². The highest BCUT2D eigenvalue weighted by atomic mass is 32.2. The topological polar surface area (TPSA) is 76.7 Å². The number of hydrogen-bond acceptors (Lipinski definition) is 5. The summed E-state index contributed by atoms with van der Waals surface area (Å²) in [7, 11) is 0. The van der Waals surface area contributed by atoms with Crippen molar-refractivity contribution in [2.24, 2.45) is 0 Å². The normalized spacial score (nSPS) is 11.8. The van der Waals surface area contributed by atoms with Gasteiger partial charge in [0.2, 0.25) is 5.89 Å². The average Bonchev–Trinajstić information content (AvgIpc) is 2.96. The summed E-state index contributed by atoms with van der Waals surface area (Å²) in [6.45, 7) is 10.3. The molecular formula is C13H18N4O2S. The van der Waals surface area contributed by atoms with Gasteiger partial charge in [-0.2, -0.15) is 0 Å². The minimum absolute atomic E-state index is 0.0380. The zero-order valence-electron chi connectivity index (χ0n) is 11.8. The Morgan fingerprint density at radius 1 is 1.55 bits per heavy atom. The van der Waals surface area contributed by atoms with Gasteiger partial charge >= 0.3 is 5.69 Å². The molecule has 0 fully saturated rings. The van der Waals surface area contributed by atoms with E-state index in [4.69, 9.17) is 4.42 Å². The van der Waals surface area contributed by atoms with Gasteiger partial charge in [-0.15, -0.1) is 11.7 Å². The van der Waals surface area contributed by atoms with E-state index in [0.717, 1.165) is 5.69 Å². The Morgan fingerprint density at radius 2 is 2.30 bits per heavy atom. The molecule has 0 atom stereocenters. The summed E-state index contributed by atoms with van der Waals surface area (Å²) >= 11 is 1.40. The maximum absolute atomic E-state index is 11.5. The van der Waals surface area contributed by atoms with E-state index >= 15 is 0 Å². The first-order valence-corrected chi connectivity index (χ1v) is 7.24. The maximum atomic E-state index is 11.5. The van der Waals surface area contributed by atoms with Crippen molar-refractivity contribution in [3.8, 4) is 0 Å². The number of thioether (sulfide) groups is 1. The maximum Gasteiger partial charge on any atom is 0.344 e. The molecule has 7 heteroatoms. The second-order valence-corrected chi connectivity index (χ2v) is 6.32. The van der Waals surface area contributed by atoms with Crippen molar-refractivity contribution in [2.45, 2.75) is 43.6 Å². The van der Waals surface area contributed by atoms with Gasteiger partial charge in [-0.25, -0.2) is 14.9 Å². The van der Waals surface area contributed by atoms with Gasteiger partial charge in [0.15, 0.2) is 5.16 Å². The fourth-order valence-electron chi connectivity index (χ4n) is 1.55. The second-order valence-electron chi connectivity index (χ2n) is 5.38. The minimum atomic E-state index is -0.241. The summed E-state index contributed by atoms with van der Waals surface area (Å²) in [4.78, 5) is 16.0. The van der Waals surface area contributed by atoms with Gasteiger partial charge in [0.05, 0.1) is 11.4 Å². The van der Waals surface area contributed by atoms with Crippen molar-refractivity contribution in [1.29, 1.82) is 0 Å². The summed E-state index contributed by atoms with van der Waals surface area (Å²) in [5.74, 6) is 1.15. The molecule has 108 valence electrons. The number of rotatable bonds is 5. The monoisotopic (exact) mass is 294 g/mol. The SMILES string of the molecule is C=CCn1c(SCc2nc(C(C)(C)C)co2)n[nH]c1=O. The number of allylic oxidation sites excluding steroid dienone is 1. The summed E-state index contributed by atoms with van der Waals surface area (Å²) in [5, 5.41) is 7.00. The van der Waals surface area contributed by atoms with Crippen LogP contribution < -0.4 is 5.69 Å². The largest absolute Gasteiger partial charge is 0.448 e. The summed E-state index contributed by atoms with van der Waals surface area (Å²) in [5.41, 5.74) is 0.637. The number of aromatic amines is 1. The van der Waals surface area contributed by atoms with Crippen LogP contribution >= 0.6 is 11.8 Å². The van der Waals surface area contributed by atoms with E-state index in [0.29, 0.717) is 23.3 Å². The Balaban J connectivity index is 2.07. The van der Waals surface area contributed by atoms with E-state index in [9.17, 15) is 4.79 Å². The third-order valence-corrected chi connectivity index (χ3v) is 3.64. The number of H-pyrrole nitrogens is 1. The van der Waals surface area contributed by atoms with Crippen LogP contribution in [0.25, 0.3) is 0 Å². The molecule has 0 saturated heterocycles. The van der Waals surface area contributed by atoms with Crippen LogP contribution in [0.3, 0.4) is 0 Å². The number of nitrogens with one attached hydrogen (secondary N) is 1.